The second-order valence-electron chi connectivity index (χ2n) is 14.3. The second kappa shape index (κ2) is 16.7. The molecule has 17 nitrogen and oxygen atoms in total. The number of nitro groups is 2. The lowest BCUT2D eigenvalue weighted by Crippen LogP contribution is -2.15. The van der Waals surface area contributed by atoms with Gasteiger partial charge in [-0.05, 0) is 70.8 Å². The highest BCUT2D eigenvalue weighted by atomic mass is 32.2. The van der Waals surface area contributed by atoms with Gasteiger partial charge in [0.05, 0.1) is 43.1 Å². The van der Waals surface area contributed by atoms with E-state index in [9.17, 15) is 41.9 Å². The summed E-state index contributed by atoms with van der Waals surface area (Å²) >= 11 is 0. The molecule has 4 N–H and O–H groups in total. The number of hydrazone groups is 2. The van der Waals surface area contributed by atoms with E-state index in [-0.39, 0.29) is 55.8 Å². The van der Waals surface area contributed by atoms with Crippen LogP contribution in [0.15, 0.2) is 166 Å². The summed E-state index contributed by atoms with van der Waals surface area (Å²) in [5.41, 5.74) is 10.8. The van der Waals surface area contributed by atoms with Crippen molar-refractivity contribution in [2.45, 2.75) is 34.7 Å². The topological polar surface area (TPSA) is 244 Å². The van der Waals surface area contributed by atoms with Gasteiger partial charge < -0.3 is 10.9 Å². The highest BCUT2D eigenvalue weighted by Crippen LogP contribution is 2.30. The second-order valence-corrected chi connectivity index (χ2v) is 17.7. The molecule has 2 unspecified atom stereocenters. The fraction of sp³-hybridized carbons (Fsp3) is 0.0930. The molecule has 6 aromatic carbocycles. The molecule has 8 rings (SSSR count). The maximum absolute atomic E-state index is 13.6. The van der Waals surface area contributed by atoms with Gasteiger partial charge in [0.2, 0.25) is 0 Å². The molecular weight excluding hydrogens is 837 g/mol. The third-order valence-corrected chi connectivity index (χ3v) is 13.0. The van der Waals surface area contributed by atoms with Gasteiger partial charge in [-0.25, -0.2) is 16.8 Å². The number of non-ortho nitro benzene ring substituents is 2. The highest BCUT2D eigenvalue weighted by Gasteiger charge is 2.26. The van der Waals surface area contributed by atoms with Crippen molar-refractivity contribution in [2.24, 2.45) is 10.2 Å². The Kier molecular flexibility index (Phi) is 11.0. The molecule has 62 heavy (non-hydrogen) atoms. The standard InChI is InChI=1S/C43H34N8O9S2/c52-43(31-7-3-11-37(23-31)61(57,58)48-33-17-13-27(14-18-33)39-25-41(46-44-39)29-5-1-9-35(21-29)50(53)54)32-8-4-12-38(24-32)62(59,60)49-34-19-15-28(16-20-34)40-26-42(47-45-40)30-6-2-10-36(22-30)51(55)56/h1-24,41-42,46-49H,25-26H2. The van der Waals surface area contributed by atoms with Gasteiger partial charge in [0.25, 0.3) is 31.4 Å². The Morgan fingerprint density at radius 1 is 0.548 bits per heavy atom. The van der Waals surface area contributed by atoms with Crippen LogP contribution >= 0.6 is 0 Å². The van der Waals surface area contributed by atoms with Gasteiger partial charge in [-0.3, -0.25) is 34.5 Å². The van der Waals surface area contributed by atoms with Crippen LogP contribution in [0.2, 0.25) is 0 Å². The quantitative estimate of drug-likeness (QED) is 0.0484. The first-order chi connectivity index (χ1) is 29.7. The Balaban J connectivity index is 0.894. The van der Waals surface area contributed by atoms with Gasteiger partial charge >= 0.3 is 0 Å². The lowest BCUT2D eigenvalue weighted by molar-refractivity contribution is -0.385. The summed E-state index contributed by atoms with van der Waals surface area (Å²) in [6, 6.07) is 35.9. The number of nitro benzene ring substituents is 2. The van der Waals surface area contributed by atoms with Crippen LogP contribution in [0.5, 0.6) is 0 Å². The van der Waals surface area contributed by atoms with Crippen LogP contribution in [-0.2, 0) is 20.0 Å². The van der Waals surface area contributed by atoms with Crippen LogP contribution < -0.4 is 20.3 Å². The number of benzene rings is 6. The van der Waals surface area contributed by atoms with Gasteiger partial charge in [-0.1, -0.05) is 72.8 Å². The molecule has 0 aliphatic carbocycles. The van der Waals surface area contributed by atoms with Crippen LogP contribution in [0.4, 0.5) is 22.7 Å². The number of rotatable bonds is 14. The number of carbonyl (C=O) groups excluding carboxylic acids is 1. The van der Waals surface area contributed by atoms with Gasteiger partial charge in [0.15, 0.2) is 5.78 Å². The van der Waals surface area contributed by atoms with E-state index in [0.29, 0.717) is 35.4 Å². The van der Waals surface area contributed by atoms with Crippen LogP contribution in [0.3, 0.4) is 0 Å². The molecule has 0 radical (unpaired) electrons. The average molecular weight is 871 g/mol. The lowest BCUT2D eigenvalue weighted by atomic mass is 9.99. The van der Waals surface area contributed by atoms with Crippen LogP contribution in [0, 0.1) is 20.2 Å². The van der Waals surface area contributed by atoms with Crippen molar-refractivity contribution in [3.05, 3.63) is 199 Å². The van der Waals surface area contributed by atoms with E-state index in [1.54, 1.807) is 72.8 Å². The van der Waals surface area contributed by atoms with Crippen molar-refractivity contribution in [1.29, 1.82) is 0 Å². The first-order valence-corrected chi connectivity index (χ1v) is 21.8. The SMILES string of the molecule is O=C(c1cccc(S(=O)(=O)Nc2ccc(C3=NNC(c4cccc([N+](=O)[O-])c4)C3)cc2)c1)c1cccc(S(=O)(=O)Nc2ccc(C3=NNC(c4cccc([N+](=O)[O-])c4)C3)cc2)c1. The monoisotopic (exact) mass is 870 g/mol. The summed E-state index contributed by atoms with van der Waals surface area (Å²) in [6.45, 7) is 0. The predicted molar refractivity (Wildman–Crippen MR) is 231 cm³/mol. The highest BCUT2D eigenvalue weighted by molar-refractivity contribution is 7.93. The minimum Gasteiger partial charge on any atom is -0.302 e. The van der Waals surface area contributed by atoms with Crippen molar-refractivity contribution >= 4 is 60.0 Å². The van der Waals surface area contributed by atoms with E-state index in [2.05, 4.69) is 30.5 Å². The number of nitrogens with zero attached hydrogens (tertiary/aromatic N) is 4. The van der Waals surface area contributed by atoms with E-state index in [4.69, 9.17) is 0 Å². The van der Waals surface area contributed by atoms with E-state index in [1.165, 1.54) is 72.8 Å². The van der Waals surface area contributed by atoms with Gasteiger partial charge in [-0.15, -0.1) is 0 Å². The largest absolute Gasteiger partial charge is 0.302 e. The molecule has 2 atom stereocenters. The van der Waals surface area contributed by atoms with Crippen molar-refractivity contribution in [3.8, 4) is 0 Å². The van der Waals surface area contributed by atoms with E-state index >= 15 is 0 Å². The maximum Gasteiger partial charge on any atom is 0.269 e. The maximum atomic E-state index is 13.6. The van der Waals surface area contributed by atoms with Gasteiger partial charge in [0, 0.05) is 59.6 Å². The Morgan fingerprint density at radius 2 is 0.935 bits per heavy atom. The zero-order valence-electron chi connectivity index (χ0n) is 32.2. The number of sulfonamides is 2. The molecule has 0 saturated carbocycles. The molecule has 0 fully saturated rings. The lowest BCUT2D eigenvalue weighted by Gasteiger charge is -2.12. The van der Waals surface area contributed by atoms with Crippen LogP contribution in [0.1, 0.15) is 63.1 Å². The van der Waals surface area contributed by atoms with E-state index < -0.39 is 35.7 Å². The minimum absolute atomic E-state index is 0.0170. The fourth-order valence-electron chi connectivity index (χ4n) is 7.01. The van der Waals surface area contributed by atoms with Crippen LogP contribution in [0.25, 0.3) is 0 Å². The summed E-state index contributed by atoms with van der Waals surface area (Å²) < 4.78 is 58.9. The molecule has 0 aromatic heterocycles. The predicted octanol–water partition coefficient (Wildman–Crippen LogP) is 7.21. The number of anilines is 2. The Labute approximate surface area is 354 Å². The van der Waals surface area contributed by atoms with Crippen molar-refractivity contribution in [2.75, 3.05) is 9.44 Å². The first kappa shape index (κ1) is 41.0. The van der Waals surface area contributed by atoms with E-state index in [1.807, 2.05) is 0 Å². The smallest absolute Gasteiger partial charge is 0.269 e. The molecule has 0 saturated heterocycles. The Bertz CT molecular complexity index is 2850. The van der Waals surface area contributed by atoms with Crippen molar-refractivity contribution in [1.82, 2.24) is 10.9 Å². The Hall–Kier alpha value is -7.77. The van der Waals surface area contributed by atoms with Crippen molar-refractivity contribution < 1.29 is 31.5 Å². The number of ketones is 1. The summed E-state index contributed by atoms with van der Waals surface area (Å²) in [6.07, 6.45) is 0.913. The normalized spacial score (nSPS) is 16.0. The molecule has 6 aromatic rings. The molecule has 0 bridgehead atoms. The van der Waals surface area contributed by atoms with Gasteiger partial charge in [0.1, 0.15) is 0 Å². The fourth-order valence-corrected chi connectivity index (χ4v) is 9.21. The number of hydrogen-bond acceptors (Lipinski definition) is 13. The minimum atomic E-state index is -4.17. The number of hydrogen-bond donors (Lipinski definition) is 4. The molecule has 2 aliphatic heterocycles. The van der Waals surface area contributed by atoms with Crippen molar-refractivity contribution in [3.63, 3.8) is 0 Å². The summed E-state index contributed by atoms with van der Waals surface area (Å²) in [4.78, 5) is 34.8. The molecule has 19 heteroatoms. The summed E-state index contributed by atoms with van der Waals surface area (Å²) in [7, 11) is -8.35. The molecular formula is C43H34N8O9S2. The third kappa shape index (κ3) is 8.88. The Morgan fingerprint density at radius 3 is 1.32 bits per heavy atom. The molecule has 0 amide bonds. The number of carbonyl (C=O) groups is 1. The van der Waals surface area contributed by atoms with Gasteiger partial charge in [-0.2, -0.15) is 10.2 Å². The molecule has 0 spiro atoms. The molecule has 2 heterocycles. The zero-order chi connectivity index (χ0) is 43.6. The molecule has 2 aliphatic rings. The average Bonchev–Trinajstić information content (AvgIpc) is 3.99. The third-order valence-electron chi connectivity index (χ3n) is 10.2. The first-order valence-electron chi connectivity index (χ1n) is 18.9. The zero-order valence-corrected chi connectivity index (χ0v) is 33.8. The van der Waals surface area contributed by atoms with Crippen LogP contribution in [-0.4, -0.2) is 43.9 Å². The molecule has 312 valence electrons. The summed E-state index contributed by atoms with van der Waals surface area (Å²) in [5, 5.41) is 31.2. The summed E-state index contributed by atoms with van der Waals surface area (Å²) in [5.74, 6) is -0.600. The number of nitrogens with one attached hydrogen (secondary N) is 4. The van der Waals surface area contributed by atoms with E-state index in [0.717, 1.165) is 11.1 Å².